The zero-order valence-electron chi connectivity index (χ0n) is 20.8. The van der Waals surface area contributed by atoms with Gasteiger partial charge in [0.05, 0.1) is 25.4 Å². The first-order valence-corrected chi connectivity index (χ1v) is 12.2. The first-order valence-electron chi connectivity index (χ1n) is 12.2. The number of amides is 2. The highest BCUT2D eigenvalue weighted by atomic mass is 16.5. The summed E-state index contributed by atoms with van der Waals surface area (Å²) in [5, 5.41) is 22.8. The highest BCUT2D eigenvalue weighted by Crippen LogP contribution is 2.40. The number of nitrogens with one attached hydrogen (secondary N) is 1. The van der Waals surface area contributed by atoms with Gasteiger partial charge in [-0.05, 0) is 49.2 Å². The molecule has 0 fully saturated rings. The van der Waals surface area contributed by atoms with Crippen LogP contribution in [-0.2, 0) is 22.7 Å². The molecule has 37 heavy (non-hydrogen) atoms. The lowest BCUT2D eigenvalue weighted by Gasteiger charge is -2.05. The largest absolute Gasteiger partial charge is 0.497 e. The van der Waals surface area contributed by atoms with E-state index in [2.05, 4.69) is 5.32 Å². The average Bonchev–Trinajstić information content (AvgIpc) is 3.55. The third kappa shape index (κ3) is 4.26. The topological polar surface area (TPSA) is 115 Å². The molecule has 2 aromatic carbocycles. The van der Waals surface area contributed by atoms with Crippen LogP contribution in [-0.4, -0.2) is 58.6 Å². The van der Waals surface area contributed by atoms with Gasteiger partial charge in [0, 0.05) is 71.6 Å². The van der Waals surface area contributed by atoms with Crippen LogP contribution in [0.2, 0.25) is 0 Å². The molecule has 0 saturated carbocycles. The number of aliphatic hydroxyl groups excluding tert-OH is 2. The van der Waals surface area contributed by atoms with E-state index in [1.807, 2.05) is 57.9 Å². The second kappa shape index (κ2) is 10.1. The van der Waals surface area contributed by atoms with E-state index >= 15 is 0 Å². The van der Waals surface area contributed by atoms with Crippen LogP contribution in [0.1, 0.15) is 24.0 Å². The summed E-state index contributed by atoms with van der Waals surface area (Å²) < 4.78 is 14.8. The molecule has 0 aliphatic carbocycles. The zero-order valence-corrected chi connectivity index (χ0v) is 20.8. The Kier molecular flexibility index (Phi) is 6.73. The molecular weight excluding hydrogens is 474 g/mol. The van der Waals surface area contributed by atoms with Crippen LogP contribution in [0.4, 0.5) is 0 Å². The summed E-state index contributed by atoms with van der Waals surface area (Å²) in [6.45, 7) is 1.17. The molecule has 0 bridgehead atoms. The molecule has 0 spiro atoms. The summed E-state index contributed by atoms with van der Waals surface area (Å²) in [6.07, 6.45) is 4.81. The fourth-order valence-electron chi connectivity index (χ4n) is 5.03. The van der Waals surface area contributed by atoms with Gasteiger partial charge in [-0.15, -0.1) is 0 Å². The maximum absolute atomic E-state index is 13.3. The first kappa shape index (κ1) is 24.6. The summed E-state index contributed by atoms with van der Waals surface area (Å²) in [6, 6.07) is 11.2. The van der Waals surface area contributed by atoms with E-state index in [1.165, 1.54) is 0 Å². The van der Waals surface area contributed by atoms with Crippen LogP contribution in [0.5, 0.6) is 11.5 Å². The lowest BCUT2D eigenvalue weighted by atomic mass is 9.95. The van der Waals surface area contributed by atoms with E-state index in [1.54, 1.807) is 14.2 Å². The molecule has 9 nitrogen and oxygen atoms in total. The monoisotopic (exact) mass is 503 g/mol. The molecule has 2 amide bonds. The first-order chi connectivity index (χ1) is 18.0. The van der Waals surface area contributed by atoms with Gasteiger partial charge in [-0.3, -0.25) is 14.9 Å². The zero-order chi connectivity index (χ0) is 26.1. The average molecular weight is 504 g/mol. The number of aromatic nitrogens is 2. The Labute approximate surface area is 213 Å². The summed E-state index contributed by atoms with van der Waals surface area (Å²) >= 11 is 0. The Morgan fingerprint density at radius 1 is 0.730 bits per heavy atom. The Morgan fingerprint density at radius 2 is 1.16 bits per heavy atom. The molecule has 1 aliphatic heterocycles. The number of methoxy groups -OCH3 is 2. The van der Waals surface area contributed by atoms with E-state index in [9.17, 15) is 19.8 Å². The number of ether oxygens (including phenoxy) is 2. The number of aryl methyl sites for hydroxylation is 2. The molecule has 4 aromatic rings. The van der Waals surface area contributed by atoms with Gasteiger partial charge in [-0.1, -0.05) is 0 Å². The molecule has 192 valence electrons. The molecule has 0 saturated heterocycles. The molecule has 5 rings (SSSR count). The summed E-state index contributed by atoms with van der Waals surface area (Å²) in [5.74, 6) is 0.322. The number of hydrogen-bond donors (Lipinski definition) is 3. The van der Waals surface area contributed by atoms with Crippen molar-refractivity contribution in [1.29, 1.82) is 0 Å². The summed E-state index contributed by atoms with van der Waals surface area (Å²) in [5.41, 5.74) is 3.55. The third-order valence-corrected chi connectivity index (χ3v) is 6.76. The van der Waals surface area contributed by atoms with E-state index in [0.717, 1.165) is 21.8 Å². The number of benzene rings is 2. The van der Waals surface area contributed by atoms with Crippen LogP contribution in [0, 0.1) is 0 Å². The Balaban J connectivity index is 1.80. The van der Waals surface area contributed by atoms with Crippen LogP contribution in [0.3, 0.4) is 0 Å². The minimum Gasteiger partial charge on any atom is -0.497 e. The van der Waals surface area contributed by atoms with Gasteiger partial charge >= 0.3 is 0 Å². The molecule has 2 aromatic heterocycles. The van der Waals surface area contributed by atoms with Gasteiger partial charge in [0.2, 0.25) is 0 Å². The third-order valence-electron chi connectivity index (χ3n) is 6.76. The summed E-state index contributed by atoms with van der Waals surface area (Å²) in [7, 11) is 3.16. The number of hydrogen-bond acceptors (Lipinski definition) is 6. The minimum absolute atomic E-state index is 0.0350. The molecule has 1 aliphatic rings. The predicted molar refractivity (Wildman–Crippen MR) is 140 cm³/mol. The molecule has 0 unspecified atom stereocenters. The SMILES string of the molecule is COc1ccc2c(c1)c(C1=C(c3cn(CCCO)c4ccc(OC)cc34)C(=O)NC1=O)cn2CCCO. The quantitative estimate of drug-likeness (QED) is 0.287. The Bertz CT molecular complexity index is 1430. The smallest absolute Gasteiger partial charge is 0.259 e. The molecule has 9 heteroatoms. The van der Waals surface area contributed by atoms with Gasteiger partial charge in [-0.25, -0.2) is 0 Å². The van der Waals surface area contributed by atoms with Crippen molar-refractivity contribution in [3.63, 3.8) is 0 Å². The second-order valence-corrected chi connectivity index (χ2v) is 8.93. The lowest BCUT2D eigenvalue weighted by molar-refractivity contribution is -0.122. The number of imide groups is 1. The minimum atomic E-state index is -0.469. The number of carbonyl (C=O) groups is 2. The molecular formula is C28H29N3O6. The Hall–Kier alpha value is -4.08. The number of carbonyl (C=O) groups excluding carboxylic acids is 2. The molecule has 3 N–H and O–H groups in total. The van der Waals surface area contributed by atoms with Crippen LogP contribution in [0.15, 0.2) is 48.8 Å². The van der Waals surface area contributed by atoms with Crippen molar-refractivity contribution in [3.05, 3.63) is 59.9 Å². The van der Waals surface area contributed by atoms with Crippen molar-refractivity contribution >= 4 is 44.8 Å². The Morgan fingerprint density at radius 3 is 1.54 bits per heavy atom. The van der Waals surface area contributed by atoms with Crippen molar-refractivity contribution in [2.24, 2.45) is 0 Å². The number of rotatable bonds is 10. The number of nitrogens with zero attached hydrogens (tertiary/aromatic N) is 2. The normalized spacial score (nSPS) is 13.7. The summed E-state index contributed by atoms with van der Waals surface area (Å²) in [4.78, 5) is 26.6. The van der Waals surface area contributed by atoms with Crippen molar-refractivity contribution in [1.82, 2.24) is 14.5 Å². The molecule has 0 atom stereocenters. The fraction of sp³-hybridized carbons (Fsp3) is 0.286. The van der Waals surface area contributed by atoms with Crippen molar-refractivity contribution in [2.75, 3.05) is 27.4 Å². The van der Waals surface area contributed by atoms with E-state index in [0.29, 0.717) is 48.6 Å². The van der Waals surface area contributed by atoms with E-state index in [-0.39, 0.29) is 24.4 Å². The van der Waals surface area contributed by atoms with Crippen LogP contribution < -0.4 is 14.8 Å². The highest BCUT2D eigenvalue weighted by molar-refractivity contribution is 6.50. The molecule has 3 heterocycles. The second-order valence-electron chi connectivity index (χ2n) is 8.93. The fourth-order valence-corrected chi connectivity index (χ4v) is 5.03. The van der Waals surface area contributed by atoms with Gasteiger partial charge < -0.3 is 28.8 Å². The number of fused-ring (bicyclic) bond motifs is 2. The van der Waals surface area contributed by atoms with Crippen molar-refractivity contribution in [2.45, 2.75) is 25.9 Å². The van der Waals surface area contributed by atoms with E-state index in [4.69, 9.17) is 9.47 Å². The highest BCUT2D eigenvalue weighted by Gasteiger charge is 2.35. The predicted octanol–water partition coefficient (Wildman–Crippen LogP) is 2.95. The van der Waals surface area contributed by atoms with E-state index < -0.39 is 11.8 Å². The lowest BCUT2D eigenvalue weighted by Crippen LogP contribution is -2.22. The standard InChI is InChI=1S/C28H29N3O6/c1-36-17-5-7-23-19(13-17)21(15-30(23)9-3-11-32)25-26(28(35)29-27(25)34)22-16-31(10-4-12-33)24-8-6-18(37-2)14-20(22)24/h5-8,13-16,32-33H,3-4,9-12H2,1-2H3,(H,29,34,35). The van der Waals surface area contributed by atoms with Gasteiger partial charge in [0.15, 0.2) is 0 Å². The van der Waals surface area contributed by atoms with Crippen LogP contribution >= 0.6 is 0 Å². The molecule has 0 radical (unpaired) electrons. The number of aliphatic hydroxyl groups is 2. The van der Waals surface area contributed by atoms with Gasteiger partial charge in [-0.2, -0.15) is 0 Å². The van der Waals surface area contributed by atoms with Crippen molar-refractivity contribution in [3.8, 4) is 11.5 Å². The maximum Gasteiger partial charge on any atom is 0.259 e. The van der Waals surface area contributed by atoms with Gasteiger partial charge in [0.25, 0.3) is 11.8 Å². The van der Waals surface area contributed by atoms with Crippen LogP contribution in [0.25, 0.3) is 33.0 Å². The van der Waals surface area contributed by atoms with Gasteiger partial charge in [0.1, 0.15) is 11.5 Å². The maximum atomic E-state index is 13.3. The van der Waals surface area contributed by atoms with Crippen molar-refractivity contribution < 1.29 is 29.3 Å².